The van der Waals surface area contributed by atoms with E-state index in [1.807, 2.05) is 0 Å². The lowest BCUT2D eigenvalue weighted by atomic mass is 9.84. The van der Waals surface area contributed by atoms with E-state index in [0.717, 1.165) is 18.5 Å². The van der Waals surface area contributed by atoms with E-state index in [1.54, 1.807) is 0 Å². The molecular weight excluding hydrogens is 232 g/mol. The Hall–Kier alpha value is -0.0800. The highest BCUT2D eigenvalue weighted by Gasteiger charge is 2.38. The number of hydrogen-bond acceptors (Lipinski definition) is 2. The van der Waals surface area contributed by atoms with Crippen LogP contribution in [-0.4, -0.2) is 30.1 Å². The van der Waals surface area contributed by atoms with Gasteiger partial charge in [0.05, 0.1) is 0 Å². The summed E-state index contributed by atoms with van der Waals surface area (Å²) < 4.78 is 0. The molecule has 112 valence electrons. The SMILES string of the molecule is CCC1CCCC(CN)(N(C)C2CCCCC2)CC1. The Labute approximate surface area is 120 Å². The molecule has 0 aromatic carbocycles. The van der Waals surface area contributed by atoms with Crippen molar-refractivity contribution in [3.63, 3.8) is 0 Å². The largest absolute Gasteiger partial charge is 0.329 e. The summed E-state index contributed by atoms with van der Waals surface area (Å²) in [7, 11) is 2.37. The summed E-state index contributed by atoms with van der Waals surface area (Å²) >= 11 is 0. The molecule has 19 heavy (non-hydrogen) atoms. The number of hydrogen-bond donors (Lipinski definition) is 1. The van der Waals surface area contributed by atoms with E-state index in [1.165, 1.54) is 70.6 Å². The molecule has 2 unspecified atom stereocenters. The first-order valence-electron chi connectivity index (χ1n) is 8.65. The zero-order chi connectivity index (χ0) is 13.7. The lowest BCUT2D eigenvalue weighted by Gasteiger charge is -2.46. The van der Waals surface area contributed by atoms with Crippen molar-refractivity contribution >= 4 is 0 Å². The van der Waals surface area contributed by atoms with Crippen LogP contribution in [0.3, 0.4) is 0 Å². The topological polar surface area (TPSA) is 29.3 Å². The van der Waals surface area contributed by atoms with Crippen LogP contribution in [-0.2, 0) is 0 Å². The van der Waals surface area contributed by atoms with Gasteiger partial charge in [-0.2, -0.15) is 0 Å². The highest BCUT2D eigenvalue weighted by atomic mass is 15.2. The summed E-state index contributed by atoms with van der Waals surface area (Å²) in [6.45, 7) is 3.21. The van der Waals surface area contributed by atoms with E-state index in [0.29, 0.717) is 5.54 Å². The van der Waals surface area contributed by atoms with Gasteiger partial charge < -0.3 is 5.73 Å². The number of nitrogens with zero attached hydrogens (tertiary/aromatic N) is 1. The Morgan fingerprint density at radius 2 is 1.74 bits per heavy atom. The fourth-order valence-electron chi connectivity index (χ4n) is 4.43. The molecule has 0 heterocycles. The maximum atomic E-state index is 6.26. The molecule has 0 spiro atoms. The molecule has 2 saturated carbocycles. The lowest BCUT2D eigenvalue weighted by Crippen LogP contribution is -2.56. The van der Waals surface area contributed by atoms with Gasteiger partial charge in [0.1, 0.15) is 0 Å². The molecule has 0 radical (unpaired) electrons. The summed E-state index contributed by atoms with van der Waals surface area (Å²) in [6, 6.07) is 0.801. The minimum absolute atomic E-state index is 0.311. The standard InChI is InChI=1S/C17H34N2/c1-3-15-8-7-12-17(14-18,13-11-15)19(2)16-9-5-4-6-10-16/h15-16H,3-14,18H2,1-2H3. The van der Waals surface area contributed by atoms with Crippen molar-refractivity contribution in [2.45, 2.75) is 89.1 Å². The van der Waals surface area contributed by atoms with Gasteiger partial charge in [0.2, 0.25) is 0 Å². The van der Waals surface area contributed by atoms with E-state index in [-0.39, 0.29) is 0 Å². The molecule has 0 bridgehead atoms. The van der Waals surface area contributed by atoms with Crippen molar-refractivity contribution in [1.82, 2.24) is 4.90 Å². The third kappa shape index (κ3) is 3.52. The van der Waals surface area contributed by atoms with Crippen molar-refractivity contribution in [2.75, 3.05) is 13.6 Å². The summed E-state index contributed by atoms with van der Waals surface area (Å²) in [5.41, 5.74) is 6.57. The molecule has 2 atom stereocenters. The molecule has 0 saturated heterocycles. The van der Waals surface area contributed by atoms with Gasteiger partial charge in [-0.1, -0.05) is 45.4 Å². The van der Waals surface area contributed by atoms with Gasteiger partial charge in [0.15, 0.2) is 0 Å². The van der Waals surface area contributed by atoms with Crippen molar-refractivity contribution in [3.8, 4) is 0 Å². The fourth-order valence-corrected chi connectivity index (χ4v) is 4.43. The minimum atomic E-state index is 0.311. The summed E-state index contributed by atoms with van der Waals surface area (Å²) in [5.74, 6) is 0.952. The molecule has 0 aromatic rings. The molecule has 0 aromatic heterocycles. The predicted molar refractivity (Wildman–Crippen MR) is 83.3 cm³/mol. The molecular formula is C17H34N2. The molecule has 0 amide bonds. The molecule has 2 heteroatoms. The van der Waals surface area contributed by atoms with Crippen LogP contribution in [0, 0.1) is 5.92 Å². The van der Waals surface area contributed by atoms with Gasteiger partial charge in [0, 0.05) is 18.1 Å². The third-order valence-electron chi connectivity index (χ3n) is 6.10. The van der Waals surface area contributed by atoms with Crippen LogP contribution in [0.1, 0.15) is 77.6 Å². The van der Waals surface area contributed by atoms with E-state index >= 15 is 0 Å². The highest BCUT2D eigenvalue weighted by molar-refractivity contribution is 4.96. The van der Waals surface area contributed by atoms with Crippen molar-refractivity contribution in [2.24, 2.45) is 11.7 Å². The van der Waals surface area contributed by atoms with Gasteiger partial charge in [-0.3, -0.25) is 4.90 Å². The highest BCUT2D eigenvalue weighted by Crippen LogP contribution is 2.37. The van der Waals surface area contributed by atoms with Gasteiger partial charge in [0.25, 0.3) is 0 Å². The summed E-state index contributed by atoms with van der Waals surface area (Å²) in [6.07, 6.45) is 15.3. The zero-order valence-corrected chi connectivity index (χ0v) is 13.2. The number of rotatable bonds is 4. The Bertz CT molecular complexity index is 260. The van der Waals surface area contributed by atoms with Crippen LogP contribution in [0.5, 0.6) is 0 Å². The quantitative estimate of drug-likeness (QED) is 0.781. The van der Waals surface area contributed by atoms with Crippen LogP contribution in [0.25, 0.3) is 0 Å². The van der Waals surface area contributed by atoms with E-state index in [2.05, 4.69) is 18.9 Å². The van der Waals surface area contributed by atoms with E-state index in [9.17, 15) is 0 Å². The first kappa shape index (κ1) is 15.3. The molecule has 2 aliphatic rings. The normalized spacial score (nSPS) is 34.4. The predicted octanol–water partition coefficient (Wildman–Crippen LogP) is 3.94. The van der Waals surface area contributed by atoms with Gasteiger partial charge >= 0.3 is 0 Å². The maximum absolute atomic E-state index is 6.26. The fraction of sp³-hybridized carbons (Fsp3) is 1.00. The molecule has 0 aliphatic heterocycles. The van der Waals surface area contributed by atoms with E-state index in [4.69, 9.17) is 5.73 Å². The lowest BCUT2D eigenvalue weighted by molar-refractivity contribution is 0.0442. The summed E-state index contributed by atoms with van der Waals surface area (Å²) in [4.78, 5) is 2.71. The second kappa shape index (κ2) is 7.08. The van der Waals surface area contributed by atoms with Crippen molar-refractivity contribution < 1.29 is 0 Å². The molecule has 2 rings (SSSR count). The Morgan fingerprint density at radius 3 is 2.37 bits per heavy atom. The maximum Gasteiger partial charge on any atom is 0.0331 e. The van der Waals surface area contributed by atoms with Gasteiger partial charge in [-0.15, -0.1) is 0 Å². The Morgan fingerprint density at radius 1 is 1.00 bits per heavy atom. The smallest absolute Gasteiger partial charge is 0.0331 e. The minimum Gasteiger partial charge on any atom is -0.329 e. The second-order valence-electron chi connectivity index (χ2n) is 7.04. The first-order valence-corrected chi connectivity index (χ1v) is 8.65. The molecule has 2 aliphatic carbocycles. The number of likely N-dealkylation sites (N-methyl/N-ethyl adjacent to an activating group) is 1. The third-order valence-corrected chi connectivity index (χ3v) is 6.10. The molecule has 2 fully saturated rings. The van der Waals surface area contributed by atoms with Crippen LogP contribution < -0.4 is 5.73 Å². The van der Waals surface area contributed by atoms with Crippen LogP contribution in [0.2, 0.25) is 0 Å². The average Bonchev–Trinajstić information content (AvgIpc) is 2.70. The van der Waals surface area contributed by atoms with Crippen LogP contribution in [0.4, 0.5) is 0 Å². The van der Waals surface area contributed by atoms with Crippen LogP contribution >= 0.6 is 0 Å². The second-order valence-corrected chi connectivity index (χ2v) is 7.04. The van der Waals surface area contributed by atoms with Crippen molar-refractivity contribution in [3.05, 3.63) is 0 Å². The van der Waals surface area contributed by atoms with Gasteiger partial charge in [-0.05, 0) is 45.1 Å². The average molecular weight is 266 g/mol. The van der Waals surface area contributed by atoms with Crippen molar-refractivity contribution in [1.29, 1.82) is 0 Å². The Kier molecular flexibility index (Phi) is 5.70. The van der Waals surface area contributed by atoms with Crippen LogP contribution in [0.15, 0.2) is 0 Å². The monoisotopic (exact) mass is 266 g/mol. The molecule has 2 N–H and O–H groups in total. The summed E-state index contributed by atoms with van der Waals surface area (Å²) in [5, 5.41) is 0. The van der Waals surface area contributed by atoms with E-state index < -0.39 is 0 Å². The Balaban J connectivity index is 2.03. The zero-order valence-electron chi connectivity index (χ0n) is 13.2. The number of nitrogens with two attached hydrogens (primary N) is 1. The van der Waals surface area contributed by atoms with Gasteiger partial charge in [-0.25, -0.2) is 0 Å². The first-order chi connectivity index (χ1) is 9.22. The molecule has 2 nitrogen and oxygen atoms in total.